The van der Waals surface area contributed by atoms with Crippen molar-refractivity contribution in [3.8, 4) is 6.07 Å². The van der Waals surface area contributed by atoms with Gasteiger partial charge in [-0.3, -0.25) is 10.7 Å². The number of hydrogen-bond donors (Lipinski definition) is 3. The standard InChI is InChI=1S/C22H25FN6O2/c1-2-15-3-7-18(8-4-15)28-9-11-29(12-10-28)20-16(13-24)5-6-17(19(20)23)14-31-22(30)27-21(25)26/h3-8H,2,9-12,14H2,1H3,(H4,25,26,27,30). The second-order valence-corrected chi connectivity index (χ2v) is 7.16. The highest BCUT2D eigenvalue weighted by atomic mass is 19.1. The topological polar surface area (TPSA) is 118 Å². The summed E-state index contributed by atoms with van der Waals surface area (Å²) in [5, 5.41) is 18.5. The predicted octanol–water partition coefficient (Wildman–Crippen LogP) is 2.71. The van der Waals surface area contributed by atoms with Gasteiger partial charge >= 0.3 is 6.09 Å². The van der Waals surface area contributed by atoms with Gasteiger partial charge in [-0.25, -0.2) is 9.18 Å². The molecule has 9 heteroatoms. The number of nitrogens with one attached hydrogen (secondary N) is 2. The largest absolute Gasteiger partial charge is 0.444 e. The zero-order valence-electron chi connectivity index (χ0n) is 17.3. The monoisotopic (exact) mass is 424 g/mol. The van der Waals surface area contributed by atoms with Gasteiger partial charge in [0, 0.05) is 37.4 Å². The predicted molar refractivity (Wildman–Crippen MR) is 117 cm³/mol. The fourth-order valence-corrected chi connectivity index (χ4v) is 3.54. The number of guanidine groups is 1. The number of piperazine rings is 1. The minimum Gasteiger partial charge on any atom is -0.444 e. The number of ether oxygens (including phenoxy) is 1. The highest BCUT2D eigenvalue weighted by Gasteiger charge is 2.24. The Morgan fingerprint density at radius 2 is 1.84 bits per heavy atom. The molecule has 0 saturated carbocycles. The molecule has 1 heterocycles. The van der Waals surface area contributed by atoms with E-state index in [1.165, 1.54) is 17.7 Å². The number of nitrogens with two attached hydrogens (primary N) is 1. The van der Waals surface area contributed by atoms with Crippen LogP contribution in [-0.2, 0) is 17.8 Å². The highest BCUT2D eigenvalue weighted by Crippen LogP contribution is 2.29. The van der Waals surface area contributed by atoms with E-state index in [4.69, 9.17) is 15.9 Å². The van der Waals surface area contributed by atoms with Crippen LogP contribution in [-0.4, -0.2) is 38.2 Å². The lowest BCUT2D eigenvalue weighted by atomic mass is 10.1. The molecule has 0 radical (unpaired) electrons. The summed E-state index contributed by atoms with van der Waals surface area (Å²) in [7, 11) is 0. The molecule has 0 unspecified atom stereocenters. The zero-order chi connectivity index (χ0) is 22.4. The van der Waals surface area contributed by atoms with E-state index in [1.54, 1.807) is 0 Å². The van der Waals surface area contributed by atoms with E-state index < -0.39 is 17.9 Å². The molecule has 1 amide bonds. The van der Waals surface area contributed by atoms with Crippen LogP contribution in [0.1, 0.15) is 23.6 Å². The maximum absolute atomic E-state index is 15.2. The van der Waals surface area contributed by atoms with Crippen molar-refractivity contribution in [2.45, 2.75) is 20.0 Å². The summed E-state index contributed by atoms with van der Waals surface area (Å²) in [6.45, 7) is 4.26. The lowest BCUT2D eigenvalue weighted by molar-refractivity contribution is 0.143. The Morgan fingerprint density at radius 1 is 1.19 bits per heavy atom. The van der Waals surface area contributed by atoms with Gasteiger partial charge in [0.25, 0.3) is 0 Å². The Bertz CT molecular complexity index is 994. The van der Waals surface area contributed by atoms with E-state index in [-0.39, 0.29) is 23.4 Å². The first-order valence-electron chi connectivity index (χ1n) is 10.0. The molecule has 4 N–H and O–H groups in total. The fraction of sp³-hybridized carbons (Fsp3) is 0.318. The first kappa shape index (κ1) is 21.9. The van der Waals surface area contributed by atoms with E-state index in [9.17, 15) is 10.1 Å². The van der Waals surface area contributed by atoms with Crippen molar-refractivity contribution in [1.82, 2.24) is 5.32 Å². The molecule has 31 heavy (non-hydrogen) atoms. The number of aryl methyl sites for hydroxylation is 1. The molecule has 2 aromatic carbocycles. The van der Waals surface area contributed by atoms with Gasteiger partial charge in [-0.05, 0) is 30.2 Å². The van der Waals surface area contributed by atoms with E-state index in [0.29, 0.717) is 26.2 Å². The molecule has 0 bridgehead atoms. The lowest BCUT2D eigenvalue weighted by Gasteiger charge is -2.38. The Hall–Kier alpha value is -3.80. The third-order valence-electron chi connectivity index (χ3n) is 5.22. The number of benzene rings is 2. The first-order valence-corrected chi connectivity index (χ1v) is 10.0. The van der Waals surface area contributed by atoms with Crippen molar-refractivity contribution < 1.29 is 13.9 Å². The smallest absolute Gasteiger partial charge is 0.414 e. The molecule has 1 aliphatic rings. The number of nitriles is 1. The second-order valence-electron chi connectivity index (χ2n) is 7.16. The normalized spacial score (nSPS) is 13.5. The van der Waals surface area contributed by atoms with Crippen molar-refractivity contribution in [2.75, 3.05) is 36.0 Å². The number of amides is 1. The average molecular weight is 424 g/mol. The Kier molecular flexibility index (Phi) is 6.92. The average Bonchev–Trinajstić information content (AvgIpc) is 2.78. The van der Waals surface area contributed by atoms with Crippen molar-refractivity contribution >= 4 is 23.4 Å². The summed E-state index contributed by atoms with van der Waals surface area (Å²) in [5.41, 5.74) is 8.06. The third-order valence-corrected chi connectivity index (χ3v) is 5.22. The Balaban J connectivity index is 1.72. The van der Waals surface area contributed by atoms with Crippen molar-refractivity contribution in [2.24, 2.45) is 5.73 Å². The van der Waals surface area contributed by atoms with Gasteiger partial charge in [0.2, 0.25) is 0 Å². The molecule has 0 aromatic heterocycles. The number of hydrogen-bond acceptors (Lipinski definition) is 6. The molecule has 162 valence electrons. The summed E-state index contributed by atoms with van der Waals surface area (Å²) in [6.07, 6.45) is 0.0429. The number of halogens is 1. The molecule has 0 atom stereocenters. The number of nitrogens with zero attached hydrogens (tertiary/aromatic N) is 3. The van der Waals surface area contributed by atoms with Gasteiger partial charge in [-0.15, -0.1) is 0 Å². The summed E-state index contributed by atoms with van der Waals surface area (Å²) < 4.78 is 20.1. The van der Waals surface area contributed by atoms with Crippen LogP contribution in [0.15, 0.2) is 36.4 Å². The fourth-order valence-electron chi connectivity index (χ4n) is 3.54. The molecule has 3 rings (SSSR count). The summed E-state index contributed by atoms with van der Waals surface area (Å²) in [6, 6.07) is 13.4. The quantitative estimate of drug-likeness (QED) is 0.502. The van der Waals surface area contributed by atoms with Gasteiger partial charge < -0.3 is 20.3 Å². The number of anilines is 2. The molecule has 1 fully saturated rings. The molecule has 1 aliphatic heterocycles. The number of carbonyl (C=O) groups is 1. The van der Waals surface area contributed by atoms with Gasteiger partial charge in [0.05, 0.1) is 11.3 Å². The summed E-state index contributed by atoms with van der Waals surface area (Å²) >= 11 is 0. The molecular formula is C22H25FN6O2. The summed E-state index contributed by atoms with van der Waals surface area (Å²) in [5.74, 6) is -1.15. The molecule has 2 aromatic rings. The Labute approximate surface area is 180 Å². The van der Waals surface area contributed by atoms with Crippen LogP contribution < -0.4 is 20.9 Å². The van der Waals surface area contributed by atoms with Crippen molar-refractivity contribution in [3.63, 3.8) is 0 Å². The van der Waals surface area contributed by atoms with Crippen molar-refractivity contribution in [3.05, 3.63) is 58.9 Å². The summed E-state index contributed by atoms with van der Waals surface area (Å²) in [4.78, 5) is 15.6. The molecule has 8 nitrogen and oxygen atoms in total. The van der Waals surface area contributed by atoms with E-state index in [2.05, 4.69) is 36.1 Å². The van der Waals surface area contributed by atoms with Gasteiger partial charge in [-0.2, -0.15) is 5.26 Å². The zero-order valence-corrected chi connectivity index (χ0v) is 17.3. The Morgan fingerprint density at radius 3 is 2.42 bits per heavy atom. The van der Waals surface area contributed by atoms with E-state index >= 15 is 4.39 Å². The number of carbonyl (C=O) groups excluding carboxylic acids is 1. The molecule has 0 spiro atoms. The SMILES string of the molecule is CCc1ccc(N2CCN(c3c(C#N)ccc(COC(=O)NC(=N)N)c3F)CC2)cc1. The van der Waals surface area contributed by atoms with Crippen LogP contribution >= 0.6 is 0 Å². The van der Waals surface area contributed by atoms with Gasteiger partial charge in [-0.1, -0.05) is 25.1 Å². The maximum Gasteiger partial charge on any atom is 0.414 e. The molecule has 0 aliphatic carbocycles. The van der Waals surface area contributed by atoms with Crippen LogP contribution in [0.4, 0.5) is 20.6 Å². The minimum absolute atomic E-state index is 0.144. The van der Waals surface area contributed by atoms with Crippen LogP contribution in [0.3, 0.4) is 0 Å². The number of rotatable bonds is 5. The second kappa shape index (κ2) is 9.80. The van der Waals surface area contributed by atoms with E-state index in [0.717, 1.165) is 12.1 Å². The molecular weight excluding hydrogens is 399 g/mol. The van der Waals surface area contributed by atoms with Crippen LogP contribution in [0.2, 0.25) is 0 Å². The minimum atomic E-state index is -0.944. The first-order chi connectivity index (χ1) is 14.9. The van der Waals surface area contributed by atoms with E-state index in [1.807, 2.05) is 16.3 Å². The van der Waals surface area contributed by atoms with Crippen LogP contribution in [0.25, 0.3) is 0 Å². The van der Waals surface area contributed by atoms with Gasteiger partial charge in [0.15, 0.2) is 11.8 Å². The third kappa shape index (κ3) is 5.22. The number of alkyl carbamates (subject to hydrolysis) is 1. The molecule has 1 saturated heterocycles. The van der Waals surface area contributed by atoms with Crippen LogP contribution in [0, 0.1) is 22.6 Å². The van der Waals surface area contributed by atoms with Gasteiger partial charge in [0.1, 0.15) is 12.7 Å². The highest BCUT2D eigenvalue weighted by molar-refractivity contribution is 5.90. The lowest BCUT2D eigenvalue weighted by Crippen LogP contribution is -2.47. The van der Waals surface area contributed by atoms with Crippen LogP contribution in [0.5, 0.6) is 0 Å². The van der Waals surface area contributed by atoms with Crippen molar-refractivity contribution in [1.29, 1.82) is 10.7 Å². The maximum atomic E-state index is 15.2.